The zero-order valence-electron chi connectivity index (χ0n) is 10.6. The Morgan fingerprint density at radius 2 is 2.05 bits per heavy atom. The number of hydrogen-bond acceptors (Lipinski definition) is 2. The van der Waals surface area contributed by atoms with Gasteiger partial charge in [-0.1, -0.05) is 18.2 Å². The van der Waals surface area contributed by atoms with Crippen molar-refractivity contribution in [1.29, 1.82) is 0 Å². The summed E-state index contributed by atoms with van der Waals surface area (Å²) in [6, 6.07) is 5.37. The summed E-state index contributed by atoms with van der Waals surface area (Å²) in [7, 11) is 0. The van der Waals surface area contributed by atoms with E-state index in [2.05, 4.69) is 5.32 Å². The fraction of sp³-hybridized carbons (Fsp3) is 0.571. The number of hydrogen-bond donors (Lipinski definition) is 2. The van der Waals surface area contributed by atoms with E-state index in [0.29, 0.717) is 18.0 Å². The Morgan fingerprint density at radius 1 is 1.26 bits per heavy atom. The van der Waals surface area contributed by atoms with Crippen molar-refractivity contribution >= 4 is 0 Å². The van der Waals surface area contributed by atoms with Gasteiger partial charge in [0.05, 0.1) is 11.7 Å². The van der Waals surface area contributed by atoms with Gasteiger partial charge in [-0.15, -0.1) is 0 Å². The Kier molecular flexibility index (Phi) is 4.47. The molecule has 0 heterocycles. The van der Waals surface area contributed by atoms with Crippen LogP contribution in [0.1, 0.15) is 30.4 Å². The highest BCUT2D eigenvalue weighted by molar-refractivity contribution is 5.25. The molecule has 0 aromatic heterocycles. The molecule has 1 aliphatic rings. The smallest absolute Gasteiger partial charge is 0.393 e. The second-order valence-corrected chi connectivity index (χ2v) is 5.16. The van der Waals surface area contributed by atoms with Gasteiger partial charge in [0.15, 0.2) is 0 Å². The number of aliphatic hydroxyl groups is 1. The molecule has 2 N–H and O–H groups in total. The van der Waals surface area contributed by atoms with Crippen molar-refractivity contribution in [2.24, 2.45) is 5.92 Å². The summed E-state index contributed by atoms with van der Waals surface area (Å²) in [6.45, 7) is 1.17. The van der Waals surface area contributed by atoms with Crippen molar-refractivity contribution in [3.05, 3.63) is 35.4 Å². The predicted octanol–water partition coefficient (Wildman–Crippen LogP) is 2.96. The van der Waals surface area contributed by atoms with Crippen LogP contribution in [0.5, 0.6) is 0 Å². The number of aliphatic hydroxyl groups excluding tert-OH is 1. The van der Waals surface area contributed by atoms with Gasteiger partial charge in [0.2, 0.25) is 0 Å². The molecule has 0 amide bonds. The minimum Gasteiger partial charge on any atom is -0.393 e. The van der Waals surface area contributed by atoms with Gasteiger partial charge in [0, 0.05) is 6.54 Å². The van der Waals surface area contributed by atoms with E-state index in [4.69, 9.17) is 0 Å². The highest BCUT2D eigenvalue weighted by Gasteiger charge is 2.30. The van der Waals surface area contributed by atoms with Crippen molar-refractivity contribution < 1.29 is 18.3 Å². The van der Waals surface area contributed by atoms with Gasteiger partial charge in [-0.05, 0) is 43.4 Å². The summed E-state index contributed by atoms with van der Waals surface area (Å²) in [6.07, 6.45) is -1.89. The number of alkyl halides is 3. The van der Waals surface area contributed by atoms with Crippen LogP contribution in [0, 0.1) is 5.92 Å². The van der Waals surface area contributed by atoms with E-state index >= 15 is 0 Å². The second-order valence-electron chi connectivity index (χ2n) is 5.16. The number of nitrogens with one attached hydrogen (secondary N) is 1. The summed E-state index contributed by atoms with van der Waals surface area (Å²) in [5.74, 6) is 0.431. The molecule has 0 aliphatic heterocycles. The largest absolute Gasteiger partial charge is 0.416 e. The van der Waals surface area contributed by atoms with Gasteiger partial charge in [-0.3, -0.25) is 0 Å². The van der Waals surface area contributed by atoms with Crippen molar-refractivity contribution in [3.63, 3.8) is 0 Å². The summed E-state index contributed by atoms with van der Waals surface area (Å²) < 4.78 is 37.6. The molecule has 2 atom stereocenters. The Balaban J connectivity index is 1.83. The van der Waals surface area contributed by atoms with Gasteiger partial charge in [0.25, 0.3) is 0 Å². The van der Waals surface area contributed by atoms with Crippen LogP contribution < -0.4 is 5.32 Å². The number of benzene rings is 1. The summed E-state index contributed by atoms with van der Waals surface area (Å²) in [5.41, 5.74) is 0.0245. The predicted molar refractivity (Wildman–Crippen MR) is 66.5 cm³/mol. The van der Waals surface area contributed by atoms with Crippen LogP contribution in [-0.4, -0.2) is 17.8 Å². The maximum Gasteiger partial charge on any atom is 0.416 e. The minimum atomic E-state index is -4.29. The molecule has 2 nitrogen and oxygen atoms in total. The van der Waals surface area contributed by atoms with Crippen LogP contribution in [0.25, 0.3) is 0 Å². The zero-order valence-corrected chi connectivity index (χ0v) is 10.6. The third-order valence-electron chi connectivity index (χ3n) is 3.53. The molecule has 1 aliphatic carbocycles. The highest BCUT2D eigenvalue weighted by atomic mass is 19.4. The Morgan fingerprint density at radius 3 is 2.68 bits per heavy atom. The molecule has 1 fully saturated rings. The van der Waals surface area contributed by atoms with Crippen LogP contribution >= 0.6 is 0 Å². The first-order valence-corrected chi connectivity index (χ1v) is 6.50. The SMILES string of the molecule is OC1CCC(CNCc2cccc(C(F)(F)F)c2)C1. The molecule has 0 spiro atoms. The topological polar surface area (TPSA) is 32.3 Å². The molecular weight excluding hydrogens is 255 g/mol. The van der Waals surface area contributed by atoms with Crippen LogP contribution in [0.4, 0.5) is 13.2 Å². The number of rotatable bonds is 4. The van der Waals surface area contributed by atoms with Gasteiger partial charge < -0.3 is 10.4 Å². The average molecular weight is 273 g/mol. The number of halogens is 3. The molecular formula is C14H18F3NO. The van der Waals surface area contributed by atoms with Crippen LogP contribution in [0.15, 0.2) is 24.3 Å². The summed E-state index contributed by atoms with van der Waals surface area (Å²) in [4.78, 5) is 0. The normalized spacial score (nSPS) is 23.8. The molecule has 19 heavy (non-hydrogen) atoms. The molecule has 5 heteroatoms. The van der Waals surface area contributed by atoms with Crippen molar-refractivity contribution in [2.45, 2.75) is 38.1 Å². The van der Waals surface area contributed by atoms with Crippen LogP contribution in [0.2, 0.25) is 0 Å². The van der Waals surface area contributed by atoms with E-state index in [1.165, 1.54) is 12.1 Å². The van der Waals surface area contributed by atoms with Crippen LogP contribution in [0.3, 0.4) is 0 Å². The zero-order chi connectivity index (χ0) is 13.9. The molecule has 0 radical (unpaired) electrons. The molecule has 2 rings (SSSR count). The molecule has 1 aromatic carbocycles. The molecule has 0 bridgehead atoms. The van der Waals surface area contributed by atoms with Gasteiger partial charge >= 0.3 is 6.18 Å². The highest BCUT2D eigenvalue weighted by Crippen LogP contribution is 2.29. The standard InChI is InChI=1S/C14H18F3NO/c15-14(16,17)12-3-1-2-10(6-12)8-18-9-11-4-5-13(19)7-11/h1-3,6,11,13,18-19H,4-5,7-9H2. The lowest BCUT2D eigenvalue weighted by Gasteiger charge is -2.12. The fourth-order valence-electron chi connectivity index (χ4n) is 2.51. The summed E-state index contributed by atoms with van der Waals surface area (Å²) >= 11 is 0. The van der Waals surface area contributed by atoms with Crippen molar-refractivity contribution in [3.8, 4) is 0 Å². The second kappa shape index (κ2) is 5.92. The van der Waals surface area contributed by atoms with Crippen LogP contribution in [-0.2, 0) is 12.7 Å². The lowest BCUT2D eigenvalue weighted by molar-refractivity contribution is -0.137. The lowest BCUT2D eigenvalue weighted by Crippen LogP contribution is -2.21. The third-order valence-corrected chi connectivity index (χ3v) is 3.53. The maximum atomic E-state index is 12.5. The fourth-order valence-corrected chi connectivity index (χ4v) is 2.51. The first kappa shape index (κ1) is 14.3. The van der Waals surface area contributed by atoms with E-state index in [-0.39, 0.29) is 6.10 Å². The summed E-state index contributed by atoms with van der Waals surface area (Å²) in [5, 5.41) is 12.6. The molecule has 0 saturated heterocycles. The monoisotopic (exact) mass is 273 g/mol. The minimum absolute atomic E-state index is 0.208. The van der Waals surface area contributed by atoms with Crippen molar-refractivity contribution in [1.82, 2.24) is 5.32 Å². The first-order valence-electron chi connectivity index (χ1n) is 6.50. The Hall–Kier alpha value is -1.07. The molecule has 2 unspecified atom stereocenters. The molecule has 106 valence electrons. The van der Waals surface area contributed by atoms with E-state index in [1.807, 2.05) is 0 Å². The first-order chi connectivity index (χ1) is 8.95. The van der Waals surface area contributed by atoms with E-state index in [1.54, 1.807) is 6.07 Å². The quantitative estimate of drug-likeness (QED) is 0.884. The third kappa shape index (κ3) is 4.21. The van der Waals surface area contributed by atoms with E-state index in [9.17, 15) is 18.3 Å². The van der Waals surface area contributed by atoms with E-state index in [0.717, 1.165) is 31.9 Å². The maximum absolute atomic E-state index is 12.5. The van der Waals surface area contributed by atoms with Crippen molar-refractivity contribution in [2.75, 3.05) is 6.54 Å². The van der Waals surface area contributed by atoms with Gasteiger partial charge in [-0.2, -0.15) is 13.2 Å². The Labute approximate surface area is 110 Å². The molecule has 1 saturated carbocycles. The Bertz CT molecular complexity index is 419. The molecule has 1 aromatic rings. The van der Waals surface area contributed by atoms with Gasteiger partial charge in [0.1, 0.15) is 0 Å². The lowest BCUT2D eigenvalue weighted by atomic mass is 10.1. The average Bonchev–Trinajstić information content (AvgIpc) is 2.74. The van der Waals surface area contributed by atoms with E-state index < -0.39 is 11.7 Å². The van der Waals surface area contributed by atoms with Gasteiger partial charge in [-0.25, -0.2) is 0 Å².